The Balaban J connectivity index is 2.53. The van der Waals surface area contributed by atoms with Crippen molar-refractivity contribution in [3.63, 3.8) is 0 Å². The van der Waals surface area contributed by atoms with E-state index in [9.17, 15) is 4.79 Å². The van der Waals surface area contributed by atoms with E-state index in [0.717, 1.165) is 12.8 Å². The van der Waals surface area contributed by atoms with Crippen LogP contribution in [0.15, 0.2) is 0 Å². The Morgan fingerprint density at radius 3 is 2.44 bits per heavy atom. The van der Waals surface area contributed by atoms with Gasteiger partial charge in [-0.25, -0.2) is 0 Å². The summed E-state index contributed by atoms with van der Waals surface area (Å²) in [6.45, 7) is 4.54. The van der Waals surface area contributed by atoms with E-state index in [1.165, 1.54) is 6.42 Å². The first kappa shape index (κ1) is 13.5. The Morgan fingerprint density at radius 1 is 1.50 bits per heavy atom. The van der Waals surface area contributed by atoms with Gasteiger partial charge in [0.05, 0.1) is 12.5 Å². The van der Waals surface area contributed by atoms with Gasteiger partial charge in [0, 0.05) is 25.7 Å². The van der Waals surface area contributed by atoms with Crippen molar-refractivity contribution >= 4 is 5.91 Å². The van der Waals surface area contributed by atoms with Crippen molar-refractivity contribution in [1.29, 1.82) is 0 Å². The van der Waals surface area contributed by atoms with Crippen LogP contribution in [0.2, 0.25) is 0 Å². The molecule has 4 heteroatoms. The first-order valence-corrected chi connectivity index (χ1v) is 6.14. The fourth-order valence-electron chi connectivity index (χ4n) is 2.14. The van der Waals surface area contributed by atoms with Gasteiger partial charge in [-0.05, 0) is 33.1 Å². The van der Waals surface area contributed by atoms with Gasteiger partial charge in [-0.3, -0.25) is 4.79 Å². The quantitative estimate of drug-likeness (QED) is 0.741. The zero-order chi connectivity index (χ0) is 12.1. The third-order valence-electron chi connectivity index (χ3n) is 3.31. The summed E-state index contributed by atoms with van der Waals surface area (Å²) < 4.78 is 5.16. The fourth-order valence-corrected chi connectivity index (χ4v) is 2.14. The molecular weight excluding hydrogens is 204 g/mol. The lowest BCUT2D eigenvalue weighted by Gasteiger charge is -2.40. The van der Waals surface area contributed by atoms with Crippen LogP contribution in [-0.2, 0) is 9.53 Å². The van der Waals surface area contributed by atoms with E-state index in [1.807, 2.05) is 4.90 Å². The van der Waals surface area contributed by atoms with Crippen molar-refractivity contribution in [3.05, 3.63) is 0 Å². The van der Waals surface area contributed by atoms with Gasteiger partial charge in [-0.1, -0.05) is 0 Å². The van der Waals surface area contributed by atoms with Gasteiger partial charge in [-0.2, -0.15) is 0 Å². The van der Waals surface area contributed by atoms with Crippen LogP contribution in [0.3, 0.4) is 0 Å². The monoisotopic (exact) mass is 228 g/mol. The predicted molar refractivity (Wildman–Crippen MR) is 64.1 cm³/mol. The lowest BCUT2D eigenvalue weighted by Crippen LogP contribution is -2.49. The standard InChI is InChI=1S/C12H24N2O2/c1-9(2)14(10-5-4-6-10)12(15)7-11(8-13)16-3/h9-11H,4-8,13H2,1-3H3. The number of methoxy groups -OCH3 is 1. The van der Waals surface area contributed by atoms with Crippen LogP contribution in [0.5, 0.6) is 0 Å². The molecule has 1 amide bonds. The molecule has 94 valence electrons. The molecule has 16 heavy (non-hydrogen) atoms. The molecule has 1 saturated carbocycles. The van der Waals surface area contributed by atoms with Crippen molar-refractivity contribution in [2.24, 2.45) is 5.73 Å². The van der Waals surface area contributed by atoms with Crippen molar-refractivity contribution in [2.45, 2.75) is 57.7 Å². The maximum absolute atomic E-state index is 12.1. The summed E-state index contributed by atoms with van der Waals surface area (Å²) in [4.78, 5) is 14.1. The first-order valence-electron chi connectivity index (χ1n) is 6.14. The Kier molecular flexibility index (Phi) is 5.22. The van der Waals surface area contributed by atoms with Crippen molar-refractivity contribution in [2.75, 3.05) is 13.7 Å². The Hall–Kier alpha value is -0.610. The third kappa shape index (κ3) is 3.19. The van der Waals surface area contributed by atoms with Crippen molar-refractivity contribution in [3.8, 4) is 0 Å². The van der Waals surface area contributed by atoms with Gasteiger partial charge in [0.1, 0.15) is 0 Å². The number of rotatable bonds is 6. The maximum atomic E-state index is 12.1. The van der Waals surface area contributed by atoms with Crippen LogP contribution in [0.1, 0.15) is 39.5 Å². The summed E-state index contributed by atoms with van der Waals surface area (Å²) in [6.07, 6.45) is 3.79. The second kappa shape index (κ2) is 6.21. The minimum absolute atomic E-state index is 0.145. The molecule has 0 radical (unpaired) electrons. The van der Waals surface area contributed by atoms with E-state index in [2.05, 4.69) is 13.8 Å². The lowest BCUT2D eigenvalue weighted by atomic mass is 9.90. The normalized spacial score (nSPS) is 18.3. The van der Waals surface area contributed by atoms with Crippen LogP contribution in [-0.4, -0.2) is 42.6 Å². The minimum atomic E-state index is -0.145. The highest BCUT2D eigenvalue weighted by atomic mass is 16.5. The SMILES string of the molecule is COC(CN)CC(=O)N(C(C)C)C1CCC1. The van der Waals surface area contributed by atoms with Crippen LogP contribution in [0.25, 0.3) is 0 Å². The average molecular weight is 228 g/mol. The van der Waals surface area contributed by atoms with Crippen LogP contribution in [0.4, 0.5) is 0 Å². The third-order valence-corrected chi connectivity index (χ3v) is 3.31. The fraction of sp³-hybridized carbons (Fsp3) is 0.917. The lowest BCUT2D eigenvalue weighted by molar-refractivity contribution is -0.139. The zero-order valence-corrected chi connectivity index (χ0v) is 10.6. The number of carbonyl (C=O) groups excluding carboxylic acids is 1. The molecular formula is C12H24N2O2. The molecule has 0 saturated heterocycles. The van der Waals surface area contributed by atoms with E-state index in [1.54, 1.807) is 7.11 Å². The molecule has 2 N–H and O–H groups in total. The van der Waals surface area contributed by atoms with Crippen LogP contribution in [0, 0.1) is 0 Å². The van der Waals surface area contributed by atoms with E-state index >= 15 is 0 Å². The molecule has 1 aliphatic carbocycles. The van der Waals surface area contributed by atoms with Crippen LogP contribution >= 0.6 is 0 Å². The van der Waals surface area contributed by atoms with Gasteiger partial charge < -0.3 is 15.4 Å². The largest absolute Gasteiger partial charge is 0.380 e. The smallest absolute Gasteiger partial charge is 0.225 e. The molecule has 1 fully saturated rings. The van der Waals surface area contributed by atoms with Crippen LogP contribution < -0.4 is 5.73 Å². The molecule has 1 rings (SSSR count). The number of ether oxygens (including phenoxy) is 1. The Morgan fingerprint density at radius 2 is 2.12 bits per heavy atom. The second-order valence-corrected chi connectivity index (χ2v) is 4.78. The number of nitrogens with two attached hydrogens (primary N) is 1. The summed E-state index contributed by atoms with van der Waals surface area (Å²) in [7, 11) is 1.61. The molecule has 0 aromatic rings. The van der Waals surface area contributed by atoms with E-state index in [-0.39, 0.29) is 18.1 Å². The highest BCUT2D eigenvalue weighted by Gasteiger charge is 2.31. The summed E-state index contributed by atoms with van der Waals surface area (Å²) in [5.74, 6) is 0.178. The van der Waals surface area contributed by atoms with E-state index in [0.29, 0.717) is 19.0 Å². The Bertz CT molecular complexity index is 223. The summed E-state index contributed by atoms with van der Waals surface area (Å²) in [5, 5.41) is 0. The molecule has 0 aromatic carbocycles. The molecule has 0 aromatic heterocycles. The van der Waals surface area contributed by atoms with E-state index < -0.39 is 0 Å². The molecule has 0 aliphatic heterocycles. The molecule has 1 aliphatic rings. The van der Waals surface area contributed by atoms with Gasteiger partial charge in [0.2, 0.25) is 5.91 Å². The number of nitrogens with zero attached hydrogens (tertiary/aromatic N) is 1. The van der Waals surface area contributed by atoms with Gasteiger partial charge in [0.15, 0.2) is 0 Å². The van der Waals surface area contributed by atoms with Gasteiger partial charge in [0.25, 0.3) is 0 Å². The number of amides is 1. The van der Waals surface area contributed by atoms with Crippen molar-refractivity contribution in [1.82, 2.24) is 4.90 Å². The predicted octanol–water partition coefficient (Wildman–Crippen LogP) is 1.14. The number of carbonyl (C=O) groups is 1. The highest BCUT2D eigenvalue weighted by molar-refractivity contribution is 5.77. The molecule has 0 bridgehead atoms. The average Bonchev–Trinajstić information content (AvgIpc) is 2.18. The molecule has 1 atom stereocenters. The number of hydrogen-bond donors (Lipinski definition) is 1. The number of hydrogen-bond acceptors (Lipinski definition) is 3. The minimum Gasteiger partial charge on any atom is -0.380 e. The molecule has 0 spiro atoms. The highest BCUT2D eigenvalue weighted by Crippen LogP contribution is 2.27. The summed E-state index contributed by atoms with van der Waals surface area (Å²) >= 11 is 0. The van der Waals surface area contributed by atoms with Gasteiger partial charge in [-0.15, -0.1) is 0 Å². The zero-order valence-electron chi connectivity index (χ0n) is 10.6. The molecule has 1 unspecified atom stereocenters. The first-order chi connectivity index (χ1) is 7.60. The maximum Gasteiger partial charge on any atom is 0.225 e. The Labute approximate surface area is 98.1 Å². The van der Waals surface area contributed by atoms with Crippen molar-refractivity contribution < 1.29 is 9.53 Å². The molecule has 0 heterocycles. The topological polar surface area (TPSA) is 55.6 Å². The second-order valence-electron chi connectivity index (χ2n) is 4.78. The van der Waals surface area contributed by atoms with E-state index in [4.69, 9.17) is 10.5 Å². The van der Waals surface area contributed by atoms with Gasteiger partial charge >= 0.3 is 0 Å². The summed E-state index contributed by atoms with van der Waals surface area (Å²) in [6, 6.07) is 0.718. The summed E-state index contributed by atoms with van der Waals surface area (Å²) in [5.41, 5.74) is 5.53. The molecule has 4 nitrogen and oxygen atoms in total.